The zero-order valence-electron chi connectivity index (χ0n) is 31.0. The van der Waals surface area contributed by atoms with Gasteiger partial charge in [0, 0.05) is 6.42 Å². The molecule has 0 bridgehead atoms. The molecule has 0 spiro atoms. The number of aliphatic hydroxyl groups is 5. The van der Waals surface area contributed by atoms with Gasteiger partial charge in [0.25, 0.3) is 0 Å². The average Bonchev–Trinajstić information content (AvgIpc) is 3.11. The van der Waals surface area contributed by atoms with Crippen LogP contribution in [0.2, 0.25) is 0 Å². The Bertz CT molecular complexity index is 1190. The van der Waals surface area contributed by atoms with Gasteiger partial charge in [-0.05, 0) is 51.4 Å². The van der Waals surface area contributed by atoms with E-state index >= 15 is 0 Å². The summed E-state index contributed by atoms with van der Waals surface area (Å²) >= 11 is 0. The summed E-state index contributed by atoms with van der Waals surface area (Å²) in [5.41, 5.74) is 0. The third-order valence-electron chi connectivity index (χ3n) is 8.35. The molecule has 0 saturated carbocycles. The first kappa shape index (κ1) is 47.8. The number of ether oxygens (including phenoxy) is 2. The zero-order chi connectivity index (χ0) is 38.6. The standard InChI is InChI=1S/C38H65NO12S/c1-3-5-7-9-11-13-15-17-19-21-23-25-27-32(42)37(45)39-30(31(41)26-24-22-20-18-16-14-12-10-8-6-4-2)29-49-38-35(44)36(51-52(46,47)48)34(43)33(28-40)50-38/h8,10,16-19,23-26,30-36,38,40-44H,3-7,9,11-15,20-22,27-29H2,1-2H3,(H,39,45)(H,46,47,48)/b10-8+,18-16+,19-17-,25-23-,26-24+. The minimum Gasteiger partial charge on any atom is -0.394 e. The minimum atomic E-state index is -5.13. The molecule has 8 atom stereocenters. The lowest BCUT2D eigenvalue weighted by molar-refractivity contribution is -0.298. The lowest BCUT2D eigenvalue weighted by Crippen LogP contribution is -2.61. The van der Waals surface area contributed by atoms with Crippen LogP contribution in [0.3, 0.4) is 0 Å². The SMILES string of the molecule is CCC/C=C/CC/C=C/CC/C=C/C(O)C(COC1OC(CO)C(O)C(OS(=O)(=O)O)C1O)NC(=O)C(O)C/C=C\C/C=C\CCCCCCCC. The Labute approximate surface area is 311 Å². The number of rotatable bonds is 29. The quantitative estimate of drug-likeness (QED) is 0.0319. The number of unbranched alkanes of at least 4 members (excludes halogenated alkanes) is 9. The van der Waals surface area contributed by atoms with Crippen LogP contribution in [0, 0.1) is 0 Å². The number of nitrogens with one attached hydrogen (secondary N) is 1. The summed E-state index contributed by atoms with van der Waals surface area (Å²) in [5, 5.41) is 54.6. The van der Waals surface area contributed by atoms with E-state index in [2.05, 4.69) is 47.7 Å². The van der Waals surface area contributed by atoms with Crippen molar-refractivity contribution in [3.8, 4) is 0 Å². The van der Waals surface area contributed by atoms with Gasteiger partial charge < -0.3 is 40.3 Å². The van der Waals surface area contributed by atoms with Gasteiger partial charge in [0.15, 0.2) is 6.29 Å². The highest BCUT2D eigenvalue weighted by atomic mass is 32.3. The monoisotopic (exact) mass is 759 g/mol. The number of hydrogen-bond acceptors (Lipinski definition) is 11. The predicted molar refractivity (Wildman–Crippen MR) is 200 cm³/mol. The van der Waals surface area contributed by atoms with Crippen molar-refractivity contribution in [3.63, 3.8) is 0 Å². The van der Waals surface area contributed by atoms with Gasteiger partial charge in [-0.15, -0.1) is 0 Å². The Morgan fingerprint density at radius 3 is 2.02 bits per heavy atom. The summed E-state index contributed by atoms with van der Waals surface area (Å²) in [7, 11) is -5.13. The van der Waals surface area contributed by atoms with Crippen molar-refractivity contribution in [1.82, 2.24) is 5.32 Å². The average molecular weight is 760 g/mol. The van der Waals surface area contributed by atoms with Crippen LogP contribution < -0.4 is 5.32 Å². The number of carbonyl (C=O) groups excluding carboxylic acids is 1. The number of aliphatic hydroxyl groups excluding tert-OH is 5. The highest BCUT2D eigenvalue weighted by Gasteiger charge is 2.48. The molecule has 300 valence electrons. The fourth-order valence-corrected chi connectivity index (χ4v) is 5.81. The molecule has 0 radical (unpaired) electrons. The van der Waals surface area contributed by atoms with Crippen molar-refractivity contribution in [3.05, 3.63) is 60.8 Å². The first-order valence-electron chi connectivity index (χ1n) is 18.8. The number of allylic oxidation sites excluding steroid dienone is 8. The molecule has 1 aliphatic rings. The fraction of sp³-hybridized carbons (Fsp3) is 0.711. The van der Waals surface area contributed by atoms with Gasteiger partial charge in [-0.2, -0.15) is 8.42 Å². The van der Waals surface area contributed by atoms with Gasteiger partial charge in [-0.25, -0.2) is 4.18 Å². The van der Waals surface area contributed by atoms with E-state index in [0.717, 1.165) is 44.9 Å². The van der Waals surface area contributed by atoms with E-state index in [0.29, 0.717) is 12.8 Å². The lowest BCUT2D eigenvalue weighted by Gasteiger charge is -2.41. The van der Waals surface area contributed by atoms with E-state index in [9.17, 15) is 38.7 Å². The Morgan fingerprint density at radius 2 is 1.38 bits per heavy atom. The van der Waals surface area contributed by atoms with Gasteiger partial charge >= 0.3 is 10.4 Å². The summed E-state index contributed by atoms with van der Waals surface area (Å²) in [5.74, 6) is -0.790. The molecule has 7 N–H and O–H groups in total. The first-order valence-corrected chi connectivity index (χ1v) is 20.1. The highest BCUT2D eigenvalue weighted by molar-refractivity contribution is 7.80. The third-order valence-corrected chi connectivity index (χ3v) is 8.81. The molecule has 1 heterocycles. The molecular formula is C38H65NO12S. The third kappa shape index (κ3) is 22.1. The number of amides is 1. The van der Waals surface area contributed by atoms with Crippen molar-refractivity contribution in [2.45, 2.75) is 159 Å². The zero-order valence-corrected chi connectivity index (χ0v) is 31.8. The second-order valence-corrected chi connectivity index (χ2v) is 14.0. The summed E-state index contributed by atoms with van der Waals surface area (Å²) in [6.07, 6.45) is 22.2. The van der Waals surface area contributed by atoms with Gasteiger partial charge in [0.05, 0.1) is 25.4 Å². The molecule has 1 fully saturated rings. The highest BCUT2D eigenvalue weighted by Crippen LogP contribution is 2.26. The van der Waals surface area contributed by atoms with Crippen LogP contribution in [0.25, 0.3) is 0 Å². The Balaban J connectivity index is 2.82. The summed E-state index contributed by atoms with van der Waals surface area (Å²) < 4.78 is 47.1. The van der Waals surface area contributed by atoms with Gasteiger partial charge in [0.2, 0.25) is 5.91 Å². The van der Waals surface area contributed by atoms with Crippen LogP contribution in [0.15, 0.2) is 60.8 Å². The van der Waals surface area contributed by atoms with E-state index in [1.54, 1.807) is 12.2 Å². The molecule has 0 aliphatic carbocycles. The maximum absolute atomic E-state index is 12.9. The van der Waals surface area contributed by atoms with E-state index in [1.807, 2.05) is 18.2 Å². The Hall–Kier alpha value is -2.24. The Kier molecular flexibility index (Phi) is 26.8. The smallest absolute Gasteiger partial charge is 0.394 e. The molecule has 0 aromatic rings. The number of carbonyl (C=O) groups is 1. The lowest BCUT2D eigenvalue weighted by atomic mass is 9.99. The summed E-state index contributed by atoms with van der Waals surface area (Å²) in [6.45, 7) is 3.00. The minimum absolute atomic E-state index is 0.0204. The summed E-state index contributed by atoms with van der Waals surface area (Å²) in [4.78, 5) is 12.9. The normalized spacial score (nSPS) is 23.4. The molecule has 0 aromatic carbocycles. The van der Waals surface area contributed by atoms with Crippen molar-refractivity contribution >= 4 is 16.3 Å². The van der Waals surface area contributed by atoms with Crippen molar-refractivity contribution in [2.75, 3.05) is 13.2 Å². The molecule has 0 aromatic heterocycles. The Morgan fingerprint density at radius 1 is 0.788 bits per heavy atom. The van der Waals surface area contributed by atoms with Crippen LogP contribution in [-0.2, 0) is 28.9 Å². The first-order chi connectivity index (χ1) is 24.9. The molecule has 1 aliphatic heterocycles. The maximum atomic E-state index is 12.9. The van der Waals surface area contributed by atoms with E-state index in [-0.39, 0.29) is 6.42 Å². The fourth-order valence-electron chi connectivity index (χ4n) is 5.30. The van der Waals surface area contributed by atoms with Crippen LogP contribution in [0.4, 0.5) is 0 Å². The van der Waals surface area contributed by atoms with Crippen LogP contribution in [0.5, 0.6) is 0 Å². The van der Waals surface area contributed by atoms with Crippen LogP contribution in [0.1, 0.15) is 110 Å². The van der Waals surface area contributed by atoms with Crippen LogP contribution in [-0.4, -0.2) is 107 Å². The van der Waals surface area contributed by atoms with Crippen molar-refractivity contribution in [1.29, 1.82) is 0 Å². The van der Waals surface area contributed by atoms with Gasteiger partial charge in [-0.3, -0.25) is 9.35 Å². The summed E-state index contributed by atoms with van der Waals surface area (Å²) in [6, 6.07) is -1.17. The van der Waals surface area contributed by atoms with Crippen LogP contribution >= 0.6 is 0 Å². The largest absolute Gasteiger partial charge is 0.397 e. The molecule has 8 unspecified atom stereocenters. The molecule has 1 rings (SSSR count). The van der Waals surface area contributed by atoms with Gasteiger partial charge in [-0.1, -0.05) is 113 Å². The van der Waals surface area contributed by atoms with Gasteiger partial charge in [0.1, 0.15) is 30.5 Å². The molecule has 14 heteroatoms. The second kappa shape index (κ2) is 29.2. The topological polar surface area (TPSA) is 212 Å². The molecule has 1 amide bonds. The second-order valence-electron chi connectivity index (χ2n) is 12.9. The number of hydrogen-bond donors (Lipinski definition) is 7. The maximum Gasteiger partial charge on any atom is 0.397 e. The molecule has 13 nitrogen and oxygen atoms in total. The molecule has 1 saturated heterocycles. The van der Waals surface area contributed by atoms with Crippen molar-refractivity contribution < 1.29 is 57.0 Å². The van der Waals surface area contributed by atoms with E-state index in [1.165, 1.54) is 38.2 Å². The van der Waals surface area contributed by atoms with E-state index in [4.69, 9.17) is 14.0 Å². The predicted octanol–water partition coefficient (Wildman–Crippen LogP) is 4.51. The molecule has 52 heavy (non-hydrogen) atoms. The molecular weight excluding hydrogens is 694 g/mol. The van der Waals surface area contributed by atoms with E-state index < -0.39 is 78.5 Å². The van der Waals surface area contributed by atoms with Crippen molar-refractivity contribution in [2.24, 2.45) is 0 Å².